The van der Waals surface area contributed by atoms with Gasteiger partial charge in [0.15, 0.2) is 0 Å². The summed E-state index contributed by atoms with van der Waals surface area (Å²) >= 11 is 0. The first-order chi connectivity index (χ1) is 14.3. The highest BCUT2D eigenvalue weighted by atomic mass is 19.3. The third-order valence-corrected chi connectivity index (χ3v) is 4.28. The number of aryl methyl sites for hydroxylation is 1. The summed E-state index contributed by atoms with van der Waals surface area (Å²) < 4.78 is 64.9. The number of benzene rings is 1. The molecule has 2 aromatic rings. The van der Waals surface area contributed by atoms with Crippen LogP contribution in [0.2, 0.25) is 0 Å². The number of halogens is 4. The van der Waals surface area contributed by atoms with Crippen LogP contribution in [0.15, 0.2) is 30.7 Å². The predicted octanol–water partition coefficient (Wildman–Crippen LogP) is 4.13. The number of hydrogen-bond acceptors (Lipinski definition) is 6. The van der Waals surface area contributed by atoms with E-state index in [9.17, 15) is 27.5 Å². The van der Waals surface area contributed by atoms with E-state index in [0.29, 0.717) is 0 Å². The lowest BCUT2D eigenvalue weighted by molar-refractivity contribution is -0.136. The van der Waals surface area contributed by atoms with Crippen LogP contribution in [0.4, 0.5) is 23.4 Å². The largest absolute Gasteiger partial charge is 0.481 e. The van der Waals surface area contributed by atoms with Gasteiger partial charge in [-0.25, -0.2) is 27.5 Å². The van der Waals surface area contributed by atoms with Crippen molar-refractivity contribution >= 4 is 11.8 Å². The number of ether oxygens (including phenoxy) is 2. The number of rotatable bonds is 8. The number of anilines is 1. The zero-order valence-corrected chi connectivity index (χ0v) is 15.6. The topological polar surface area (TPSA) is 93.6 Å². The lowest BCUT2D eigenvalue weighted by Gasteiger charge is -2.23. The van der Waals surface area contributed by atoms with Crippen molar-refractivity contribution in [3.8, 4) is 0 Å². The highest BCUT2D eigenvalue weighted by Crippen LogP contribution is 2.35. The summed E-state index contributed by atoms with van der Waals surface area (Å²) in [6.07, 6.45) is -2.25. The third kappa shape index (κ3) is 4.44. The molecule has 0 fully saturated rings. The minimum Gasteiger partial charge on any atom is -0.481 e. The smallest absolute Gasteiger partial charge is 0.309 e. The third-order valence-electron chi connectivity index (χ3n) is 4.28. The van der Waals surface area contributed by atoms with Gasteiger partial charge in [-0.1, -0.05) is 18.2 Å². The van der Waals surface area contributed by atoms with Gasteiger partial charge in [-0.15, -0.1) is 0 Å². The van der Waals surface area contributed by atoms with Crippen LogP contribution in [0.25, 0.3) is 0 Å². The van der Waals surface area contributed by atoms with E-state index in [1.54, 1.807) is 0 Å². The Labute approximate surface area is 168 Å². The Morgan fingerprint density at radius 2 is 1.90 bits per heavy atom. The zero-order chi connectivity index (χ0) is 21.8. The average Bonchev–Trinajstić information content (AvgIpc) is 3.19. The first kappa shape index (κ1) is 21.3. The zero-order valence-electron chi connectivity index (χ0n) is 15.6. The molecule has 11 heteroatoms. The summed E-state index contributed by atoms with van der Waals surface area (Å²) in [5.41, 5.74) is -1.06. The van der Waals surface area contributed by atoms with E-state index >= 15 is 0 Å². The van der Waals surface area contributed by atoms with E-state index in [1.165, 1.54) is 31.6 Å². The van der Waals surface area contributed by atoms with Crippen LogP contribution in [0.1, 0.15) is 47.0 Å². The number of nitrogens with zero attached hydrogens (tertiary/aromatic N) is 2. The molecule has 2 heterocycles. The van der Waals surface area contributed by atoms with Crippen molar-refractivity contribution in [3.05, 3.63) is 64.7 Å². The Balaban J connectivity index is 2.05. The second-order valence-electron chi connectivity index (χ2n) is 6.33. The molecule has 0 saturated carbocycles. The molecule has 2 N–H and O–H groups in total. The predicted molar refractivity (Wildman–Crippen MR) is 95.9 cm³/mol. The minimum atomic E-state index is -3.07. The number of alkyl halides is 3. The maximum atomic E-state index is 14.5. The van der Waals surface area contributed by atoms with E-state index in [2.05, 4.69) is 15.3 Å². The molecule has 0 saturated heterocycles. The number of aromatic nitrogens is 2. The van der Waals surface area contributed by atoms with Gasteiger partial charge in [0.25, 0.3) is 12.7 Å². The molecule has 0 unspecified atom stereocenters. The molecule has 0 spiro atoms. The summed E-state index contributed by atoms with van der Waals surface area (Å²) in [5.74, 6) is -2.33. The van der Waals surface area contributed by atoms with Gasteiger partial charge in [0.2, 0.25) is 0 Å². The SMILES string of the molecule is Cc1nc(CC(=O)O)c(C2OC=CO2)c(N[C@H](CF)c2cccc(C(F)F)c2F)n1. The molecule has 0 radical (unpaired) electrons. The summed E-state index contributed by atoms with van der Waals surface area (Å²) in [6.45, 7) is 0.322. The summed E-state index contributed by atoms with van der Waals surface area (Å²) in [7, 11) is 0. The second-order valence-corrected chi connectivity index (χ2v) is 6.33. The fourth-order valence-corrected chi connectivity index (χ4v) is 3.02. The Morgan fingerprint density at radius 1 is 1.23 bits per heavy atom. The standard InChI is InChI=1S/C19H17F4N3O4/c1-9-24-12(7-14(27)28)15(19-29-5-6-30-19)18(25-9)26-13(8-20)10-3-2-4-11(16(10)21)17(22)23/h2-6,13,17,19H,7-8H2,1H3,(H,27,28)(H,24,25,26)/t13-/m1/s1. The number of carbonyl (C=O) groups is 1. The normalized spacial score (nSPS) is 14.5. The van der Waals surface area contributed by atoms with Gasteiger partial charge < -0.3 is 19.9 Å². The minimum absolute atomic E-state index is 0.0469. The van der Waals surface area contributed by atoms with Crippen LogP contribution in [-0.2, 0) is 20.7 Å². The van der Waals surface area contributed by atoms with Crippen molar-refractivity contribution < 1.29 is 36.9 Å². The molecule has 1 aliphatic heterocycles. The van der Waals surface area contributed by atoms with E-state index in [-0.39, 0.29) is 28.5 Å². The molecule has 1 aromatic heterocycles. The lowest BCUT2D eigenvalue weighted by atomic mass is 10.0. The number of carboxylic acids is 1. The van der Waals surface area contributed by atoms with Crippen LogP contribution in [0, 0.1) is 12.7 Å². The monoisotopic (exact) mass is 427 g/mol. The highest BCUT2D eigenvalue weighted by Gasteiger charge is 2.30. The van der Waals surface area contributed by atoms with Gasteiger partial charge in [-0.2, -0.15) is 0 Å². The summed E-state index contributed by atoms with van der Waals surface area (Å²) in [5, 5.41) is 11.8. The Bertz CT molecular complexity index is 963. The molecule has 7 nitrogen and oxygen atoms in total. The molecule has 30 heavy (non-hydrogen) atoms. The number of nitrogens with one attached hydrogen (secondary N) is 1. The number of carboxylic acid groups (broad SMARTS) is 1. The Kier molecular flexibility index (Phi) is 6.38. The Hall–Kier alpha value is -3.37. The van der Waals surface area contributed by atoms with E-state index in [4.69, 9.17) is 9.47 Å². The van der Waals surface area contributed by atoms with Crippen molar-refractivity contribution in [2.45, 2.75) is 32.1 Å². The van der Waals surface area contributed by atoms with E-state index < -0.39 is 49.2 Å². The van der Waals surface area contributed by atoms with Gasteiger partial charge in [-0.3, -0.25) is 4.79 Å². The highest BCUT2D eigenvalue weighted by molar-refractivity contribution is 5.71. The molecule has 0 bridgehead atoms. The maximum Gasteiger partial charge on any atom is 0.309 e. The van der Waals surface area contributed by atoms with Gasteiger partial charge in [-0.05, 0) is 6.92 Å². The van der Waals surface area contributed by atoms with Crippen LogP contribution in [0.5, 0.6) is 0 Å². The van der Waals surface area contributed by atoms with Crippen molar-refractivity contribution in [3.63, 3.8) is 0 Å². The maximum absolute atomic E-state index is 14.5. The first-order valence-electron chi connectivity index (χ1n) is 8.76. The van der Waals surface area contributed by atoms with Crippen molar-refractivity contribution in [2.75, 3.05) is 12.0 Å². The number of hydrogen-bond donors (Lipinski definition) is 2. The average molecular weight is 427 g/mol. The quantitative estimate of drug-likeness (QED) is 0.612. The Morgan fingerprint density at radius 3 is 2.50 bits per heavy atom. The molecule has 1 aromatic carbocycles. The van der Waals surface area contributed by atoms with Gasteiger partial charge >= 0.3 is 5.97 Å². The van der Waals surface area contributed by atoms with Crippen LogP contribution in [-0.4, -0.2) is 27.7 Å². The second kappa shape index (κ2) is 8.97. The van der Waals surface area contributed by atoms with Crippen LogP contribution < -0.4 is 5.32 Å². The van der Waals surface area contributed by atoms with Gasteiger partial charge in [0.1, 0.15) is 36.7 Å². The summed E-state index contributed by atoms with van der Waals surface area (Å²) in [6, 6.07) is 1.90. The molecule has 3 rings (SSSR count). The van der Waals surface area contributed by atoms with Crippen molar-refractivity contribution in [1.29, 1.82) is 0 Å². The number of aliphatic carboxylic acids is 1. The van der Waals surface area contributed by atoms with E-state index in [0.717, 1.165) is 6.07 Å². The van der Waals surface area contributed by atoms with Gasteiger partial charge in [0.05, 0.1) is 29.3 Å². The molecular formula is C19H17F4N3O4. The van der Waals surface area contributed by atoms with E-state index in [1.807, 2.05) is 0 Å². The fourth-order valence-electron chi connectivity index (χ4n) is 3.02. The van der Waals surface area contributed by atoms with Crippen molar-refractivity contribution in [1.82, 2.24) is 9.97 Å². The molecule has 0 aliphatic carbocycles. The van der Waals surface area contributed by atoms with Crippen LogP contribution >= 0.6 is 0 Å². The first-order valence-corrected chi connectivity index (χ1v) is 8.76. The molecular weight excluding hydrogens is 410 g/mol. The molecule has 160 valence electrons. The lowest BCUT2D eigenvalue weighted by Crippen LogP contribution is -2.21. The molecule has 1 aliphatic rings. The fraction of sp³-hybridized carbons (Fsp3) is 0.316. The van der Waals surface area contributed by atoms with Crippen LogP contribution in [0.3, 0.4) is 0 Å². The van der Waals surface area contributed by atoms with Gasteiger partial charge in [0, 0.05) is 5.56 Å². The van der Waals surface area contributed by atoms with Crippen molar-refractivity contribution in [2.24, 2.45) is 0 Å². The summed E-state index contributed by atoms with van der Waals surface area (Å²) in [4.78, 5) is 19.5. The molecule has 0 amide bonds. The molecule has 1 atom stereocenters.